The van der Waals surface area contributed by atoms with Crippen LogP contribution in [0.15, 0.2) is 108 Å². The van der Waals surface area contributed by atoms with Crippen LogP contribution in [0.2, 0.25) is 11.3 Å². The van der Waals surface area contributed by atoms with Crippen LogP contribution in [0, 0.1) is 23.6 Å². The summed E-state index contributed by atoms with van der Waals surface area (Å²) in [5.74, 6) is 1.80. The highest BCUT2D eigenvalue weighted by Crippen LogP contribution is 2.29. The summed E-state index contributed by atoms with van der Waals surface area (Å²) in [5, 5.41) is 0.493. The number of hydrogen-bond acceptors (Lipinski definition) is 1. The Balaban J connectivity index is 0.000000254. The van der Waals surface area contributed by atoms with Gasteiger partial charge in [0.05, 0.1) is 17.8 Å². The van der Waals surface area contributed by atoms with E-state index in [9.17, 15) is 17.6 Å². The molecule has 0 saturated heterocycles. The number of rotatable bonds is 14. The van der Waals surface area contributed by atoms with E-state index in [1.807, 2.05) is 73.2 Å². The summed E-state index contributed by atoms with van der Waals surface area (Å²) in [4.78, 5) is 4.34. The quantitative estimate of drug-likeness (QED) is 0.0711. The molecule has 0 spiro atoms. The second-order valence-electron chi connectivity index (χ2n) is 12.9. The summed E-state index contributed by atoms with van der Waals surface area (Å²) in [7, 11) is 0. The number of halogens is 5. The summed E-state index contributed by atoms with van der Waals surface area (Å²) >= 11 is 6.26. The fourth-order valence-corrected chi connectivity index (χ4v) is 6.54. The van der Waals surface area contributed by atoms with Crippen LogP contribution < -0.4 is 10.9 Å². The molecule has 0 amide bonds. The molecule has 3 unspecified atom stereocenters. The molecule has 2 nitrogen and oxygen atoms in total. The van der Waals surface area contributed by atoms with Crippen LogP contribution in [-0.4, -0.2) is 30.3 Å². The molecule has 46 heavy (non-hydrogen) atoms. The predicted molar refractivity (Wildman–Crippen MR) is 187 cm³/mol. The molecule has 8 heteroatoms. The van der Waals surface area contributed by atoms with Gasteiger partial charge >= 0.3 is 6.18 Å². The molecule has 0 aromatic heterocycles. The zero-order valence-electron chi connectivity index (χ0n) is 27.4. The Morgan fingerprint density at radius 3 is 2.04 bits per heavy atom. The number of allylic oxidation sites excluding steroid dienone is 2. The standard InChI is InChI=1S/C21H31ClFN2.C17H16BF3/c1-5-18(11-17(4)10-16(2)3)13-25(9-8-24-15-25)14-19-6-7-20(23)12-21(19)22;19-17(20,21)13-7-8-14-18(15-9-3-1-4-10-15)16-11-5-2-6-12-16/h6-9,12,15-18H,5,10-11,13-14H2,1-4H3;1-7,9-13H,8,14H2/q+1;. The number of hydrogen-bond donors (Lipinski definition) is 0. The average Bonchev–Trinajstić information content (AvgIpc) is 3.46. The van der Waals surface area contributed by atoms with Crippen LogP contribution in [0.5, 0.6) is 0 Å². The zero-order valence-corrected chi connectivity index (χ0v) is 28.2. The van der Waals surface area contributed by atoms with Crippen LogP contribution in [0.4, 0.5) is 17.6 Å². The van der Waals surface area contributed by atoms with Crippen molar-refractivity contribution in [1.29, 1.82) is 0 Å². The minimum Gasteiger partial charge on any atom is -0.249 e. The van der Waals surface area contributed by atoms with Gasteiger partial charge in [-0.3, -0.25) is 0 Å². The first-order valence-corrected chi connectivity index (χ1v) is 16.6. The van der Waals surface area contributed by atoms with Gasteiger partial charge in [0.15, 0.2) is 6.34 Å². The lowest BCUT2D eigenvalue weighted by atomic mass is 9.38. The Bertz CT molecular complexity index is 1360. The van der Waals surface area contributed by atoms with Crippen LogP contribution in [0.3, 0.4) is 0 Å². The molecule has 1 aliphatic heterocycles. The van der Waals surface area contributed by atoms with Crippen molar-refractivity contribution in [1.82, 2.24) is 0 Å². The van der Waals surface area contributed by atoms with Crippen molar-refractivity contribution in [3.05, 3.63) is 120 Å². The highest BCUT2D eigenvalue weighted by Gasteiger charge is 2.31. The molecule has 246 valence electrons. The third-order valence-electron chi connectivity index (χ3n) is 8.34. The summed E-state index contributed by atoms with van der Waals surface area (Å²) < 4.78 is 50.4. The third-order valence-corrected chi connectivity index (χ3v) is 8.70. The van der Waals surface area contributed by atoms with Crippen LogP contribution in [-0.2, 0) is 6.54 Å². The Hall–Kier alpha value is -3.16. The lowest BCUT2D eigenvalue weighted by molar-refractivity contribution is -0.798. The largest absolute Gasteiger partial charge is 0.409 e. The highest BCUT2D eigenvalue weighted by molar-refractivity contribution is 6.85. The fraction of sp³-hybridized carbons (Fsp3) is 0.395. The van der Waals surface area contributed by atoms with Gasteiger partial charge in [0.25, 0.3) is 0 Å². The molecule has 1 heterocycles. The molecule has 0 aliphatic carbocycles. The van der Waals surface area contributed by atoms with Gasteiger partial charge in [-0.05, 0) is 55.7 Å². The van der Waals surface area contributed by atoms with E-state index >= 15 is 0 Å². The van der Waals surface area contributed by atoms with E-state index in [1.54, 1.807) is 6.07 Å². The van der Waals surface area contributed by atoms with Gasteiger partial charge in [-0.25, -0.2) is 13.9 Å². The second-order valence-corrected chi connectivity index (χ2v) is 13.3. The first-order valence-electron chi connectivity index (χ1n) is 16.3. The Morgan fingerprint density at radius 2 is 1.54 bits per heavy atom. The van der Waals surface area contributed by atoms with E-state index < -0.39 is 6.18 Å². The highest BCUT2D eigenvalue weighted by atomic mass is 35.5. The van der Waals surface area contributed by atoms with Crippen molar-refractivity contribution >= 4 is 35.6 Å². The molecule has 4 rings (SSSR count). The molecule has 3 atom stereocenters. The van der Waals surface area contributed by atoms with Gasteiger partial charge in [-0.2, -0.15) is 13.2 Å². The van der Waals surface area contributed by atoms with Gasteiger partial charge in [0.2, 0.25) is 6.71 Å². The molecule has 0 saturated carbocycles. The van der Waals surface area contributed by atoms with Crippen LogP contribution in [0.25, 0.3) is 0 Å². The summed E-state index contributed by atoms with van der Waals surface area (Å²) in [6, 6.07) is 24.4. The van der Waals surface area contributed by atoms with Crippen molar-refractivity contribution in [2.45, 2.75) is 72.4 Å². The summed E-state index contributed by atoms with van der Waals surface area (Å²) in [6.45, 7) is 11.0. The lowest BCUT2D eigenvalue weighted by Crippen LogP contribution is -2.43. The van der Waals surface area contributed by atoms with Crippen molar-refractivity contribution in [3.63, 3.8) is 0 Å². The van der Waals surface area contributed by atoms with E-state index in [1.165, 1.54) is 31.1 Å². The van der Waals surface area contributed by atoms with Gasteiger partial charge in [0, 0.05) is 17.6 Å². The number of alkyl halides is 3. The van der Waals surface area contributed by atoms with E-state index in [-0.39, 0.29) is 12.5 Å². The van der Waals surface area contributed by atoms with Crippen molar-refractivity contribution < 1.29 is 22.0 Å². The third kappa shape index (κ3) is 12.9. The van der Waals surface area contributed by atoms with Crippen molar-refractivity contribution in [2.24, 2.45) is 22.7 Å². The number of benzene rings is 3. The van der Waals surface area contributed by atoms with Crippen molar-refractivity contribution in [2.75, 3.05) is 6.54 Å². The van der Waals surface area contributed by atoms with E-state index in [2.05, 4.69) is 38.9 Å². The van der Waals surface area contributed by atoms with Crippen LogP contribution >= 0.6 is 11.6 Å². The van der Waals surface area contributed by atoms with Gasteiger partial charge < -0.3 is 0 Å². The van der Waals surface area contributed by atoms with Crippen LogP contribution in [0.1, 0.15) is 58.9 Å². The second kappa shape index (κ2) is 18.3. The maximum absolute atomic E-state index is 13.3. The molecule has 3 aromatic carbocycles. The molecule has 0 radical (unpaired) electrons. The molecule has 0 N–H and O–H groups in total. The normalized spacial score (nSPS) is 17.3. The maximum Gasteiger partial charge on any atom is 0.409 e. The maximum atomic E-state index is 13.3. The van der Waals surface area contributed by atoms with E-state index in [4.69, 9.17) is 11.6 Å². The predicted octanol–water partition coefficient (Wildman–Crippen LogP) is 10.2. The first kappa shape index (κ1) is 37.3. The SMILES string of the molecule is CCC(CC(C)CC(C)C)C[N+]1(Cc2ccc(F)cc2Cl)C=CN=C1.FC(F)(F)C=CCCB(c1ccccc1)c1ccccc1. The molecule has 1 aliphatic rings. The monoisotopic (exact) mass is 653 g/mol. The van der Waals surface area contributed by atoms with Gasteiger partial charge in [0.1, 0.15) is 18.6 Å². The fourth-order valence-electron chi connectivity index (χ4n) is 6.31. The Morgan fingerprint density at radius 1 is 0.913 bits per heavy atom. The van der Waals surface area contributed by atoms with Gasteiger partial charge in [-0.1, -0.05) is 123 Å². The summed E-state index contributed by atoms with van der Waals surface area (Å²) in [5.41, 5.74) is 3.22. The summed E-state index contributed by atoms with van der Waals surface area (Å²) in [6.07, 6.45) is 7.99. The molecule has 3 aromatic rings. The Labute approximate surface area is 278 Å². The van der Waals surface area contributed by atoms with E-state index in [0.717, 1.165) is 41.3 Å². The Kier molecular flexibility index (Phi) is 14.8. The van der Waals surface area contributed by atoms with E-state index in [0.29, 0.717) is 40.8 Å². The number of quaternary nitrogens is 1. The molecule has 0 fully saturated rings. The first-order chi connectivity index (χ1) is 21.9. The minimum absolute atomic E-state index is 0.116. The molecular weight excluding hydrogens is 607 g/mol. The molecular formula is C38H47BClF4N2+. The zero-order chi connectivity index (χ0) is 33.6. The topological polar surface area (TPSA) is 12.4 Å². The average molecular weight is 654 g/mol. The minimum atomic E-state index is -4.23. The lowest BCUT2D eigenvalue weighted by Gasteiger charge is -2.32. The number of nitrogens with zero attached hydrogens (tertiary/aromatic N) is 2. The van der Waals surface area contributed by atoms with Crippen molar-refractivity contribution in [3.8, 4) is 0 Å². The smallest absolute Gasteiger partial charge is 0.249 e. The number of aliphatic imine (C=N–C) groups is 1. The van der Waals surface area contributed by atoms with Gasteiger partial charge in [-0.15, -0.1) is 0 Å². The molecule has 0 bridgehead atoms.